The van der Waals surface area contributed by atoms with Crippen LogP contribution in [0.4, 0.5) is 4.79 Å². The van der Waals surface area contributed by atoms with Gasteiger partial charge in [-0.05, 0) is 90.8 Å². The van der Waals surface area contributed by atoms with E-state index in [1.54, 1.807) is 48.5 Å². The molecule has 0 radical (unpaired) electrons. The molecule has 0 saturated heterocycles. The Balaban J connectivity index is 0.00000149. The number of phenolic OH excluding ortho intramolecular Hbond substituents is 1. The van der Waals surface area contributed by atoms with Crippen LogP contribution in [0.2, 0.25) is 0 Å². The summed E-state index contributed by atoms with van der Waals surface area (Å²) in [6.45, 7) is 22.4. The molecule has 1 fully saturated rings. The minimum absolute atomic E-state index is 0.192. The number of ether oxygens (including phenoxy) is 5. The highest BCUT2D eigenvalue weighted by atomic mass is 16.7. The molecular weight excluding hydrogens is 684 g/mol. The second kappa shape index (κ2) is 18.6. The summed E-state index contributed by atoms with van der Waals surface area (Å²) in [5.74, 6) is 0.368. The van der Waals surface area contributed by atoms with Crippen LogP contribution in [-0.4, -0.2) is 42.0 Å². The molecule has 290 valence electrons. The van der Waals surface area contributed by atoms with Crippen LogP contribution in [0.1, 0.15) is 114 Å². The number of hydrogen-bond acceptors (Lipinski definition) is 9. The fourth-order valence-electron chi connectivity index (χ4n) is 6.76. The molecule has 0 aromatic heterocycles. The van der Waals surface area contributed by atoms with E-state index in [1.165, 1.54) is 30.7 Å². The first-order valence-corrected chi connectivity index (χ1v) is 18.6. The van der Waals surface area contributed by atoms with Crippen molar-refractivity contribution in [3.8, 4) is 23.0 Å². The van der Waals surface area contributed by atoms with E-state index >= 15 is 0 Å². The number of rotatable bonds is 10. The third-order valence-electron chi connectivity index (χ3n) is 9.21. The second-order valence-corrected chi connectivity index (χ2v) is 14.6. The van der Waals surface area contributed by atoms with Crippen LogP contribution in [0.25, 0.3) is 0 Å². The van der Waals surface area contributed by atoms with E-state index in [1.807, 2.05) is 72.7 Å². The zero-order valence-corrected chi connectivity index (χ0v) is 33.5. The second-order valence-electron chi connectivity index (χ2n) is 14.6. The van der Waals surface area contributed by atoms with Crippen molar-refractivity contribution in [1.29, 1.82) is 0 Å². The van der Waals surface area contributed by atoms with Crippen molar-refractivity contribution in [3.05, 3.63) is 119 Å². The Labute approximate surface area is 320 Å². The average Bonchev–Trinajstić information content (AvgIpc) is 3.14. The number of esters is 2. The molecular formula is C45H56O9. The maximum atomic E-state index is 13.2. The maximum absolute atomic E-state index is 13.2. The lowest BCUT2D eigenvalue weighted by atomic mass is 9.51. The SMILES string of the molecule is CC.CCC.CCOc1ccc(C(=O)OC2C(C)(C)C(OC(=O)c3ccc(OC(=O)Oc4ccc(C(C)(C)c5ccc(O)cc5)cc4)cc3)C2(C)C)cc1. The van der Waals surface area contributed by atoms with Gasteiger partial charge in [-0.2, -0.15) is 0 Å². The average molecular weight is 741 g/mol. The van der Waals surface area contributed by atoms with Gasteiger partial charge >= 0.3 is 18.1 Å². The Hall–Kier alpha value is -5.31. The lowest BCUT2D eigenvalue weighted by Gasteiger charge is -2.61. The standard InChI is InChI=1S/C40H42O9.C3H8.C2H6/c1-8-45-30-19-9-25(10-20-30)33(42)48-35-39(4,5)36(40(35,6)7)49-34(43)26-11-21-31(22-12-26)46-37(44)47-32-23-15-28(16-24-32)38(2,3)27-13-17-29(41)18-14-27;1-3-2;1-2/h9-24,35-36,41H,8H2,1-7H3;3H2,1-2H3;1-2H3. The van der Waals surface area contributed by atoms with Gasteiger partial charge in [-0.3, -0.25) is 0 Å². The predicted molar refractivity (Wildman–Crippen MR) is 211 cm³/mol. The molecule has 1 saturated carbocycles. The molecule has 1 aliphatic rings. The Kier molecular flexibility index (Phi) is 14.9. The van der Waals surface area contributed by atoms with E-state index in [-0.39, 0.29) is 22.5 Å². The van der Waals surface area contributed by atoms with E-state index in [0.29, 0.717) is 23.7 Å². The first-order chi connectivity index (χ1) is 25.5. The first kappa shape index (κ1) is 43.1. The number of phenols is 1. The van der Waals surface area contributed by atoms with Crippen LogP contribution in [0.5, 0.6) is 23.0 Å². The highest BCUT2D eigenvalue weighted by Crippen LogP contribution is 2.57. The highest BCUT2D eigenvalue weighted by molar-refractivity contribution is 5.90. The summed E-state index contributed by atoms with van der Waals surface area (Å²) in [7, 11) is 0. The summed E-state index contributed by atoms with van der Waals surface area (Å²) in [5.41, 5.74) is 1.07. The van der Waals surface area contributed by atoms with Crippen LogP contribution in [0.3, 0.4) is 0 Å². The van der Waals surface area contributed by atoms with Gasteiger partial charge in [-0.1, -0.05) is 99.9 Å². The van der Waals surface area contributed by atoms with Crippen LogP contribution < -0.4 is 14.2 Å². The molecule has 54 heavy (non-hydrogen) atoms. The van der Waals surface area contributed by atoms with E-state index in [4.69, 9.17) is 23.7 Å². The van der Waals surface area contributed by atoms with Crippen molar-refractivity contribution in [2.75, 3.05) is 6.61 Å². The molecule has 0 unspecified atom stereocenters. The summed E-state index contributed by atoms with van der Waals surface area (Å²) < 4.78 is 28.0. The van der Waals surface area contributed by atoms with Crippen LogP contribution in [0.15, 0.2) is 97.1 Å². The maximum Gasteiger partial charge on any atom is 0.519 e. The van der Waals surface area contributed by atoms with Crippen molar-refractivity contribution in [2.45, 2.75) is 100 Å². The van der Waals surface area contributed by atoms with E-state index in [0.717, 1.165) is 11.1 Å². The third kappa shape index (κ3) is 10.2. The fraction of sp³-hybridized carbons (Fsp3) is 0.400. The topological polar surface area (TPSA) is 118 Å². The fourth-order valence-corrected chi connectivity index (χ4v) is 6.76. The van der Waals surface area contributed by atoms with Crippen molar-refractivity contribution in [3.63, 3.8) is 0 Å². The predicted octanol–water partition coefficient (Wildman–Crippen LogP) is 11.0. The van der Waals surface area contributed by atoms with E-state index in [2.05, 4.69) is 27.7 Å². The molecule has 4 aromatic rings. The van der Waals surface area contributed by atoms with Gasteiger partial charge in [0.2, 0.25) is 0 Å². The number of benzene rings is 4. The molecule has 9 heteroatoms. The molecule has 5 rings (SSSR count). The Bertz CT molecular complexity index is 1790. The molecule has 0 spiro atoms. The molecule has 0 aliphatic heterocycles. The van der Waals surface area contributed by atoms with Gasteiger partial charge in [0.1, 0.15) is 35.2 Å². The molecule has 1 aliphatic carbocycles. The van der Waals surface area contributed by atoms with Gasteiger partial charge in [0.15, 0.2) is 0 Å². The largest absolute Gasteiger partial charge is 0.519 e. The zero-order chi connectivity index (χ0) is 40.3. The minimum atomic E-state index is -0.926. The van der Waals surface area contributed by atoms with Crippen LogP contribution in [0, 0.1) is 10.8 Å². The van der Waals surface area contributed by atoms with Gasteiger partial charge in [-0.25, -0.2) is 14.4 Å². The lowest BCUT2D eigenvalue weighted by Crippen LogP contribution is -2.69. The van der Waals surface area contributed by atoms with Gasteiger partial charge < -0.3 is 28.8 Å². The van der Waals surface area contributed by atoms with Gasteiger partial charge in [-0.15, -0.1) is 0 Å². The number of aromatic hydroxyl groups is 1. The Morgan fingerprint density at radius 3 is 1.30 bits per heavy atom. The minimum Gasteiger partial charge on any atom is -0.508 e. The van der Waals surface area contributed by atoms with Crippen molar-refractivity contribution >= 4 is 18.1 Å². The first-order valence-electron chi connectivity index (χ1n) is 18.6. The lowest BCUT2D eigenvalue weighted by molar-refractivity contribution is -0.246. The molecule has 1 N–H and O–H groups in total. The Morgan fingerprint density at radius 1 is 0.593 bits per heavy atom. The number of hydrogen-bond donors (Lipinski definition) is 1. The monoisotopic (exact) mass is 740 g/mol. The summed E-state index contributed by atoms with van der Waals surface area (Å²) in [5, 5.41) is 9.61. The van der Waals surface area contributed by atoms with Crippen LogP contribution in [-0.2, 0) is 14.9 Å². The number of carbonyl (C=O) groups excluding carboxylic acids is 3. The van der Waals surface area contributed by atoms with Gasteiger partial charge in [0, 0.05) is 16.2 Å². The highest BCUT2D eigenvalue weighted by Gasteiger charge is 2.66. The van der Waals surface area contributed by atoms with Crippen molar-refractivity contribution < 1.29 is 43.2 Å². The summed E-state index contributed by atoms with van der Waals surface area (Å²) in [6, 6.07) is 26.9. The zero-order valence-electron chi connectivity index (χ0n) is 33.5. The van der Waals surface area contributed by atoms with E-state index < -0.39 is 41.1 Å². The Morgan fingerprint density at radius 2 is 0.926 bits per heavy atom. The summed E-state index contributed by atoms with van der Waals surface area (Å²) in [6.07, 6.45) is -0.708. The van der Waals surface area contributed by atoms with Crippen LogP contribution >= 0.6 is 0 Å². The molecule has 4 aromatic carbocycles. The molecule has 9 nitrogen and oxygen atoms in total. The van der Waals surface area contributed by atoms with Crippen molar-refractivity contribution in [1.82, 2.24) is 0 Å². The quantitative estimate of drug-likeness (QED) is 0.125. The van der Waals surface area contributed by atoms with E-state index in [9.17, 15) is 19.5 Å². The number of carbonyl (C=O) groups is 3. The molecule has 0 amide bonds. The molecule has 0 bridgehead atoms. The van der Waals surface area contributed by atoms with Crippen molar-refractivity contribution in [2.24, 2.45) is 10.8 Å². The summed E-state index contributed by atoms with van der Waals surface area (Å²) in [4.78, 5) is 38.6. The van der Waals surface area contributed by atoms with Gasteiger partial charge in [0.25, 0.3) is 0 Å². The van der Waals surface area contributed by atoms with Gasteiger partial charge in [0.05, 0.1) is 17.7 Å². The molecule has 0 heterocycles. The normalized spacial score (nSPS) is 16.4. The molecule has 0 atom stereocenters. The summed E-state index contributed by atoms with van der Waals surface area (Å²) >= 11 is 0. The third-order valence-corrected chi connectivity index (χ3v) is 9.21. The smallest absolute Gasteiger partial charge is 0.508 e.